The molecule has 0 aliphatic rings. The lowest BCUT2D eigenvalue weighted by molar-refractivity contribution is -0.143. The Hall–Kier alpha value is -2.86. The van der Waals surface area contributed by atoms with Crippen LogP contribution in [0.3, 0.4) is 0 Å². The summed E-state index contributed by atoms with van der Waals surface area (Å²) in [6, 6.07) is 17.6. The van der Waals surface area contributed by atoms with Gasteiger partial charge in [0.05, 0.1) is 0 Å². The van der Waals surface area contributed by atoms with Crippen LogP contribution in [0.25, 0.3) is 0 Å². The summed E-state index contributed by atoms with van der Waals surface area (Å²) < 4.78 is 5.40. The van der Waals surface area contributed by atoms with Crippen molar-refractivity contribution >= 4 is 12.1 Å². The third-order valence-corrected chi connectivity index (χ3v) is 4.23. The molecule has 0 aliphatic heterocycles. The fraction of sp³-hybridized carbons (Fsp3) is 0.333. The Morgan fingerprint density at radius 1 is 0.963 bits per heavy atom. The molecule has 1 atom stereocenters. The molecule has 6 nitrogen and oxygen atoms in total. The first-order valence-electron chi connectivity index (χ1n) is 9.06. The highest BCUT2D eigenvalue weighted by atomic mass is 16.6. The van der Waals surface area contributed by atoms with Crippen LogP contribution in [0.1, 0.15) is 30.4 Å². The van der Waals surface area contributed by atoms with Crippen molar-refractivity contribution in [2.24, 2.45) is 5.73 Å². The van der Waals surface area contributed by atoms with Gasteiger partial charge in [-0.25, -0.2) is 9.59 Å². The second-order valence-electron chi connectivity index (χ2n) is 6.29. The zero-order chi connectivity index (χ0) is 19.5. The number of hydrogen-bond acceptors (Lipinski definition) is 4. The summed E-state index contributed by atoms with van der Waals surface area (Å²) >= 11 is 0. The van der Waals surface area contributed by atoms with E-state index in [0.29, 0.717) is 25.8 Å². The molecule has 144 valence electrons. The molecule has 0 aromatic heterocycles. The minimum Gasteiger partial charge on any atom is -0.480 e. The SMILES string of the molecule is NCCCC[C@H](C(=O)O)N(Cc1ccccc1)C(=O)OCc1ccccc1. The Morgan fingerprint density at radius 3 is 2.11 bits per heavy atom. The van der Waals surface area contributed by atoms with Gasteiger partial charge < -0.3 is 15.6 Å². The molecule has 2 rings (SSSR count). The third kappa shape index (κ3) is 6.75. The van der Waals surface area contributed by atoms with Gasteiger partial charge in [-0.05, 0) is 36.9 Å². The molecule has 0 saturated carbocycles. The first-order valence-corrected chi connectivity index (χ1v) is 9.06. The fourth-order valence-corrected chi connectivity index (χ4v) is 2.78. The lowest BCUT2D eigenvalue weighted by Crippen LogP contribution is -2.45. The molecule has 0 bridgehead atoms. The van der Waals surface area contributed by atoms with E-state index >= 15 is 0 Å². The molecule has 0 spiro atoms. The summed E-state index contributed by atoms with van der Waals surface area (Å²) in [5.41, 5.74) is 7.20. The summed E-state index contributed by atoms with van der Waals surface area (Å²) in [5.74, 6) is -1.04. The van der Waals surface area contributed by atoms with Gasteiger partial charge in [-0.15, -0.1) is 0 Å². The minimum absolute atomic E-state index is 0.0973. The monoisotopic (exact) mass is 370 g/mol. The van der Waals surface area contributed by atoms with Crippen molar-refractivity contribution in [3.63, 3.8) is 0 Å². The van der Waals surface area contributed by atoms with Crippen molar-refractivity contribution in [2.45, 2.75) is 38.5 Å². The molecular formula is C21H26N2O4. The molecule has 0 aliphatic carbocycles. The highest BCUT2D eigenvalue weighted by molar-refractivity contribution is 5.80. The Labute approximate surface area is 159 Å². The molecule has 0 heterocycles. The summed E-state index contributed by atoms with van der Waals surface area (Å²) in [4.78, 5) is 25.8. The predicted molar refractivity (Wildman–Crippen MR) is 103 cm³/mol. The Bertz CT molecular complexity index is 707. The number of rotatable bonds is 10. The van der Waals surface area contributed by atoms with Gasteiger partial charge in [0.25, 0.3) is 0 Å². The molecule has 0 unspecified atom stereocenters. The maximum atomic E-state index is 12.7. The maximum Gasteiger partial charge on any atom is 0.411 e. The largest absolute Gasteiger partial charge is 0.480 e. The second-order valence-corrected chi connectivity index (χ2v) is 6.29. The van der Waals surface area contributed by atoms with Crippen molar-refractivity contribution in [3.05, 3.63) is 71.8 Å². The van der Waals surface area contributed by atoms with Gasteiger partial charge in [-0.3, -0.25) is 4.90 Å². The summed E-state index contributed by atoms with van der Waals surface area (Å²) in [5, 5.41) is 9.67. The van der Waals surface area contributed by atoms with Crippen molar-refractivity contribution in [1.82, 2.24) is 4.90 Å². The van der Waals surface area contributed by atoms with Gasteiger partial charge in [-0.1, -0.05) is 60.7 Å². The molecule has 3 N–H and O–H groups in total. The lowest BCUT2D eigenvalue weighted by atomic mass is 10.1. The molecule has 2 aromatic carbocycles. The van der Waals surface area contributed by atoms with E-state index in [4.69, 9.17) is 10.5 Å². The summed E-state index contributed by atoms with van der Waals surface area (Å²) in [6.07, 6.45) is 1.04. The molecule has 1 amide bonds. The number of carboxylic acids is 1. The van der Waals surface area contributed by atoms with Gasteiger partial charge in [0, 0.05) is 6.54 Å². The Balaban J connectivity index is 2.13. The fourth-order valence-electron chi connectivity index (χ4n) is 2.78. The standard InChI is InChI=1S/C21H26N2O4/c22-14-8-7-13-19(20(24)25)23(15-17-9-3-1-4-10-17)21(26)27-16-18-11-5-2-6-12-18/h1-6,9-12,19H,7-8,13-16,22H2,(H,24,25)/t19-/m1/s1. The quantitative estimate of drug-likeness (QED) is 0.625. The number of ether oxygens (including phenoxy) is 1. The van der Waals surface area contributed by atoms with Gasteiger partial charge in [0.2, 0.25) is 0 Å². The van der Waals surface area contributed by atoms with Crippen LogP contribution in [0.2, 0.25) is 0 Å². The highest BCUT2D eigenvalue weighted by Gasteiger charge is 2.30. The van der Waals surface area contributed by atoms with Gasteiger partial charge >= 0.3 is 12.1 Å². The van der Waals surface area contributed by atoms with Crippen molar-refractivity contribution < 1.29 is 19.4 Å². The zero-order valence-corrected chi connectivity index (χ0v) is 15.3. The number of carbonyl (C=O) groups is 2. The molecular weight excluding hydrogens is 344 g/mol. The Kier molecular flexibility index (Phi) is 8.32. The van der Waals surface area contributed by atoms with E-state index in [-0.39, 0.29) is 13.2 Å². The van der Waals surface area contributed by atoms with E-state index < -0.39 is 18.1 Å². The normalized spacial score (nSPS) is 11.6. The lowest BCUT2D eigenvalue weighted by Gasteiger charge is -2.28. The highest BCUT2D eigenvalue weighted by Crippen LogP contribution is 2.16. The smallest absolute Gasteiger partial charge is 0.411 e. The molecule has 6 heteroatoms. The summed E-state index contributed by atoms with van der Waals surface area (Å²) in [7, 11) is 0. The van der Waals surface area contributed by atoms with Gasteiger partial charge in [0.15, 0.2) is 0 Å². The predicted octanol–water partition coefficient (Wildman–Crippen LogP) is 3.41. The topological polar surface area (TPSA) is 92.9 Å². The van der Waals surface area contributed by atoms with E-state index in [1.54, 1.807) is 0 Å². The number of nitrogens with zero attached hydrogens (tertiary/aromatic N) is 1. The van der Waals surface area contributed by atoms with E-state index in [9.17, 15) is 14.7 Å². The van der Waals surface area contributed by atoms with Crippen LogP contribution in [0, 0.1) is 0 Å². The molecule has 0 radical (unpaired) electrons. The number of unbranched alkanes of at least 4 members (excludes halogenated alkanes) is 1. The number of hydrogen-bond donors (Lipinski definition) is 2. The van der Waals surface area contributed by atoms with E-state index in [0.717, 1.165) is 11.1 Å². The summed E-state index contributed by atoms with van der Waals surface area (Å²) in [6.45, 7) is 0.762. The first-order chi connectivity index (χ1) is 13.1. The molecule has 0 saturated heterocycles. The van der Waals surface area contributed by atoms with Crippen LogP contribution in [0.5, 0.6) is 0 Å². The number of carbonyl (C=O) groups excluding carboxylic acids is 1. The van der Waals surface area contributed by atoms with Crippen molar-refractivity contribution in [1.29, 1.82) is 0 Å². The number of carboxylic acid groups (broad SMARTS) is 1. The average Bonchev–Trinajstić information content (AvgIpc) is 2.69. The van der Waals surface area contributed by atoms with Crippen LogP contribution in [-0.2, 0) is 22.7 Å². The zero-order valence-electron chi connectivity index (χ0n) is 15.3. The van der Waals surface area contributed by atoms with Crippen molar-refractivity contribution in [3.8, 4) is 0 Å². The second kappa shape index (κ2) is 11.0. The van der Waals surface area contributed by atoms with E-state index in [1.807, 2.05) is 60.7 Å². The number of nitrogens with two attached hydrogens (primary N) is 1. The van der Waals surface area contributed by atoms with Gasteiger partial charge in [0.1, 0.15) is 12.6 Å². The van der Waals surface area contributed by atoms with E-state index in [1.165, 1.54) is 4.90 Å². The first kappa shape index (κ1) is 20.5. The molecule has 0 fully saturated rings. The van der Waals surface area contributed by atoms with Crippen LogP contribution in [0.4, 0.5) is 4.79 Å². The number of amides is 1. The van der Waals surface area contributed by atoms with Gasteiger partial charge in [-0.2, -0.15) is 0 Å². The maximum absolute atomic E-state index is 12.7. The molecule has 2 aromatic rings. The van der Waals surface area contributed by atoms with Crippen molar-refractivity contribution in [2.75, 3.05) is 6.54 Å². The van der Waals surface area contributed by atoms with Crippen LogP contribution in [0.15, 0.2) is 60.7 Å². The number of benzene rings is 2. The minimum atomic E-state index is -1.04. The number of aliphatic carboxylic acids is 1. The van der Waals surface area contributed by atoms with Crippen LogP contribution < -0.4 is 5.73 Å². The molecule has 27 heavy (non-hydrogen) atoms. The third-order valence-electron chi connectivity index (χ3n) is 4.23. The van der Waals surface area contributed by atoms with Crippen LogP contribution >= 0.6 is 0 Å². The van der Waals surface area contributed by atoms with E-state index in [2.05, 4.69) is 0 Å². The Morgan fingerprint density at radius 2 is 1.56 bits per heavy atom. The average molecular weight is 370 g/mol. The van der Waals surface area contributed by atoms with Crippen LogP contribution in [-0.4, -0.2) is 34.7 Å².